The lowest BCUT2D eigenvalue weighted by Crippen LogP contribution is -2.13. The summed E-state index contributed by atoms with van der Waals surface area (Å²) in [6.45, 7) is 3.67. The van der Waals surface area contributed by atoms with Crippen LogP contribution >= 0.6 is 0 Å². The van der Waals surface area contributed by atoms with E-state index in [-0.39, 0.29) is 0 Å². The van der Waals surface area contributed by atoms with Crippen LogP contribution in [0.5, 0.6) is 0 Å². The number of benzene rings is 2. The molecule has 0 aromatic heterocycles. The van der Waals surface area contributed by atoms with Gasteiger partial charge in [0.15, 0.2) is 17.5 Å². The molecule has 1 nitrogen and oxygen atoms in total. The van der Waals surface area contributed by atoms with Gasteiger partial charge in [-0.05, 0) is 47.9 Å². The zero-order chi connectivity index (χ0) is 14.5. The summed E-state index contributed by atoms with van der Waals surface area (Å²) in [5, 5.41) is 3.25. The van der Waals surface area contributed by atoms with Crippen LogP contribution in [0.4, 0.5) is 13.2 Å². The van der Waals surface area contributed by atoms with Crippen LogP contribution in [0, 0.1) is 17.5 Å². The maximum absolute atomic E-state index is 13.2. The van der Waals surface area contributed by atoms with Crippen molar-refractivity contribution in [1.29, 1.82) is 0 Å². The maximum atomic E-state index is 13.2. The van der Waals surface area contributed by atoms with Crippen molar-refractivity contribution < 1.29 is 13.2 Å². The van der Waals surface area contributed by atoms with Crippen molar-refractivity contribution >= 4 is 0 Å². The van der Waals surface area contributed by atoms with Gasteiger partial charge in [0.2, 0.25) is 0 Å². The van der Waals surface area contributed by atoms with Gasteiger partial charge >= 0.3 is 0 Å². The van der Waals surface area contributed by atoms with Crippen LogP contribution in [0.1, 0.15) is 18.9 Å². The first-order chi connectivity index (χ1) is 9.61. The minimum Gasteiger partial charge on any atom is -0.313 e. The lowest BCUT2D eigenvalue weighted by Gasteiger charge is -2.07. The largest absolute Gasteiger partial charge is 0.313 e. The van der Waals surface area contributed by atoms with E-state index < -0.39 is 17.5 Å². The third-order valence-corrected chi connectivity index (χ3v) is 3.00. The molecule has 2 aromatic carbocycles. The molecule has 0 saturated carbocycles. The molecule has 0 radical (unpaired) electrons. The zero-order valence-corrected chi connectivity index (χ0v) is 11.2. The summed E-state index contributed by atoms with van der Waals surface area (Å²) < 4.78 is 39.4. The van der Waals surface area contributed by atoms with Crippen molar-refractivity contribution in [3.63, 3.8) is 0 Å². The molecule has 0 atom stereocenters. The summed E-state index contributed by atoms with van der Waals surface area (Å²) in [5.41, 5.74) is 2.01. The van der Waals surface area contributed by atoms with Gasteiger partial charge in [0.25, 0.3) is 0 Å². The van der Waals surface area contributed by atoms with Crippen LogP contribution in [0.15, 0.2) is 36.4 Å². The van der Waals surface area contributed by atoms with Gasteiger partial charge in [-0.15, -0.1) is 0 Å². The molecule has 0 aliphatic carbocycles. The van der Waals surface area contributed by atoms with Crippen LogP contribution in [0.2, 0.25) is 0 Å². The van der Waals surface area contributed by atoms with Crippen molar-refractivity contribution in [3.05, 3.63) is 59.4 Å². The Bertz CT molecular complexity index is 573. The highest BCUT2D eigenvalue weighted by atomic mass is 19.2. The highest BCUT2D eigenvalue weighted by Crippen LogP contribution is 2.24. The van der Waals surface area contributed by atoms with E-state index in [1.165, 1.54) is 0 Å². The standard InChI is InChI=1S/C16H16F3N/c1-2-6-20-10-11-4-3-5-12(7-11)13-8-14(17)16(19)15(18)9-13/h3-5,7-9,20H,2,6,10H2,1H3. The summed E-state index contributed by atoms with van der Waals surface area (Å²) in [7, 11) is 0. The van der Waals surface area contributed by atoms with E-state index in [2.05, 4.69) is 12.2 Å². The number of hydrogen-bond donors (Lipinski definition) is 1. The molecule has 0 aliphatic heterocycles. The van der Waals surface area contributed by atoms with E-state index in [0.29, 0.717) is 17.7 Å². The third-order valence-electron chi connectivity index (χ3n) is 3.00. The van der Waals surface area contributed by atoms with Crippen molar-refractivity contribution in [2.24, 2.45) is 0 Å². The monoisotopic (exact) mass is 279 g/mol. The topological polar surface area (TPSA) is 12.0 Å². The molecule has 0 aliphatic rings. The van der Waals surface area contributed by atoms with E-state index in [0.717, 1.165) is 30.7 Å². The van der Waals surface area contributed by atoms with Gasteiger partial charge in [-0.3, -0.25) is 0 Å². The van der Waals surface area contributed by atoms with E-state index >= 15 is 0 Å². The highest BCUT2D eigenvalue weighted by molar-refractivity contribution is 5.64. The van der Waals surface area contributed by atoms with Crippen molar-refractivity contribution in [2.75, 3.05) is 6.54 Å². The Morgan fingerprint density at radius 2 is 1.65 bits per heavy atom. The summed E-state index contributed by atoms with van der Waals surface area (Å²) in [6, 6.07) is 9.36. The first kappa shape index (κ1) is 14.6. The van der Waals surface area contributed by atoms with Crippen LogP contribution < -0.4 is 5.32 Å². The highest BCUT2D eigenvalue weighted by Gasteiger charge is 2.11. The number of halogens is 3. The average molecular weight is 279 g/mol. The summed E-state index contributed by atoms with van der Waals surface area (Å²) in [6.07, 6.45) is 1.04. The van der Waals surface area contributed by atoms with Gasteiger partial charge in [0.05, 0.1) is 0 Å². The van der Waals surface area contributed by atoms with E-state index in [9.17, 15) is 13.2 Å². The fourth-order valence-electron chi connectivity index (χ4n) is 1.99. The second-order valence-corrected chi connectivity index (χ2v) is 4.63. The fourth-order valence-corrected chi connectivity index (χ4v) is 1.99. The first-order valence-corrected chi connectivity index (χ1v) is 6.56. The summed E-state index contributed by atoms with van der Waals surface area (Å²) >= 11 is 0. The van der Waals surface area contributed by atoms with Crippen molar-refractivity contribution in [1.82, 2.24) is 5.32 Å². The molecule has 1 N–H and O–H groups in total. The van der Waals surface area contributed by atoms with Crippen LogP contribution in [-0.2, 0) is 6.54 Å². The Kier molecular flexibility index (Phi) is 4.79. The molecular weight excluding hydrogens is 263 g/mol. The molecule has 0 unspecified atom stereocenters. The molecule has 0 fully saturated rings. The van der Waals surface area contributed by atoms with Crippen LogP contribution in [0.3, 0.4) is 0 Å². The Labute approximate surface area is 116 Å². The lowest BCUT2D eigenvalue weighted by atomic mass is 10.0. The fraction of sp³-hybridized carbons (Fsp3) is 0.250. The van der Waals surface area contributed by atoms with E-state index in [4.69, 9.17) is 0 Å². The Morgan fingerprint density at radius 3 is 2.30 bits per heavy atom. The molecule has 4 heteroatoms. The van der Waals surface area contributed by atoms with Gasteiger partial charge in [-0.25, -0.2) is 13.2 Å². The molecule has 0 heterocycles. The Hall–Kier alpha value is -1.81. The van der Waals surface area contributed by atoms with E-state index in [1.807, 2.05) is 18.2 Å². The molecule has 106 valence electrons. The van der Waals surface area contributed by atoms with Gasteiger partial charge < -0.3 is 5.32 Å². The van der Waals surface area contributed by atoms with Crippen LogP contribution in [-0.4, -0.2) is 6.54 Å². The van der Waals surface area contributed by atoms with Gasteiger partial charge in [0.1, 0.15) is 0 Å². The predicted molar refractivity (Wildman–Crippen MR) is 73.7 cm³/mol. The van der Waals surface area contributed by atoms with Crippen molar-refractivity contribution in [3.8, 4) is 11.1 Å². The lowest BCUT2D eigenvalue weighted by molar-refractivity contribution is 0.447. The van der Waals surface area contributed by atoms with Crippen LogP contribution in [0.25, 0.3) is 11.1 Å². The van der Waals surface area contributed by atoms with Gasteiger partial charge in [-0.2, -0.15) is 0 Å². The molecule has 2 rings (SSSR count). The first-order valence-electron chi connectivity index (χ1n) is 6.56. The van der Waals surface area contributed by atoms with Gasteiger partial charge in [0, 0.05) is 6.54 Å². The number of nitrogens with one attached hydrogen (secondary N) is 1. The SMILES string of the molecule is CCCNCc1cccc(-c2cc(F)c(F)c(F)c2)c1. The molecule has 0 saturated heterocycles. The Morgan fingerprint density at radius 1 is 0.950 bits per heavy atom. The molecule has 0 bridgehead atoms. The second-order valence-electron chi connectivity index (χ2n) is 4.63. The third kappa shape index (κ3) is 3.39. The molecule has 2 aromatic rings. The molecule has 20 heavy (non-hydrogen) atoms. The van der Waals surface area contributed by atoms with Gasteiger partial charge in [-0.1, -0.05) is 25.1 Å². The summed E-state index contributed by atoms with van der Waals surface area (Å²) in [4.78, 5) is 0. The average Bonchev–Trinajstić information content (AvgIpc) is 2.45. The normalized spacial score (nSPS) is 10.8. The van der Waals surface area contributed by atoms with Crippen molar-refractivity contribution in [2.45, 2.75) is 19.9 Å². The number of hydrogen-bond acceptors (Lipinski definition) is 1. The summed E-state index contributed by atoms with van der Waals surface area (Å²) in [5.74, 6) is -3.78. The minimum absolute atomic E-state index is 0.332. The Balaban J connectivity index is 2.26. The second kappa shape index (κ2) is 6.57. The predicted octanol–water partition coefficient (Wildman–Crippen LogP) is 4.27. The number of rotatable bonds is 5. The maximum Gasteiger partial charge on any atom is 0.194 e. The quantitative estimate of drug-likeness (QED) is 0.636. The van der Waals surface area contributed by atoms with E-state index in [1.54, 1.807) is 6.07 Å². The molecule has 0 amide bonds. The zero-order valence-electron chi connectivity index (χ0n) is 11.2. The minimum atomic E-state index is -1.44. The smallest absolute Gasteiger partial charge is 0.194 e. The molecular formula is C16H16F3N. The molecule has 0 spiro atoms.